The van der Waals surface area contributed by atoms with Crippen LogP contribution >= 0.6 is 11.6 Å². The van der Waals surface area contributed by atoms with Crippen LogP contribution in [0.2, 0.25) is 5.02 Å². The Balaban J connectivity index is 2.08. The van der Waals surface area contributed by atoms with Crippen LogP contribution in [-0.2, 0) is 9.59 Å². The summed E-state index contributed by atoms with van der Waals surface area (Å²) in [4.78, 5) is 26.0. The molecule has 2 N–H and O–H groups in total. The Morgan fingerprint density at radius 2 is 2.19 bits per heavy atom. The second-order valence-corrected chi connectivity index (χ2v) is 5.61. The highest BCUT2D eigenvalue weighted by atomic mass is 35.5. The highest BCUT2D eigenvalue weighted by Crippen LogP contribution is 2.27. The largest absolute Gasteiger partial charge is 0.506 e. The minimum atomic E-state index is -0.743. The molecular formula is C15H19ClN2O3. The van der Waals surface area contributed by atoms with E-state index in [-0.39, 0.29) is 17.5 Å². The smallest absolute Gasteiger partial charge is 0.314 e. The number of nitrogens with zero attached hydrogens (tertiary/aromatic N) is 1. The van der Waals surface area contributed by atoms with Crippen LogP contribution in [0.5, 0.6) is 5.75 Å². The van der Waals surface area contributed by atoms with Gasteiger partial charge < -0.3 is 15.3 Å². The van der Waals surface area contributed by atoms with Crippen molar-refractivity contribution in [2.75, 3.05) is 11.9 Å². The van der Waals surface area contributed by atoms with Gasteiger partial charge in [0.2, 0.25) is 0 Å². The van der Waals surface area contributed by atoms with Gasteiger partial charge in [0.05, 0.1) is 5.69 Å². The topological polar surface area (TPSA) is 69.6 Å². The fourth-order valence-electron chi connectivity index (χ4n) is 2.61. The number of phenolic OH excluding ortho intramolecular Hbond substituents is 1. The first-order valence-electron chi connectivity index (χ1n) is 7.13. The quantitative estimate of drug-likeness (QED) is 0.652. The molecule has 1 atom stereocenters. The lowest BCUT2D eigenvalue weighted by molar-refractivity contribution is -0.145. The van der Waals surface area contributed by atoms with Gasteiger partial charge in [0.15, 0.2) is 0 Å². The number of rotatable bonds is 2. The van der Waals surface area contributed by atoms with Gasteiger partial charge in [0, 0.05) is 17.6 Å². The molecule has 1 aromatic carbocycles. The van der Waals surface area contributed by atoms with Crippen molar-refractivity contribution in [2.45, 2.75) is 38.6 Å². The number of hydrogen-bond acceptors (Lipinski definition) is 3. The molecule has 1 aliphatic rings. The number of halogens is 1. The molecule has 0 aromatic heterocycles. The molecule has 0 radical (unpaired) electrons. The number of amides is 2. The van der Waals surface area contributed by atoms with Gasteiger partial charge in [0.25, 0.3) is 0 Å². The van der Waals surface area contributed by atoms with Crippen molar-refractivity contribution in [2.24, 2.45) is 0 Å². The summed E-state index contributed by atoms with van der Waals surface area (Å²) in [5.41, 5.74) is 0.144. The predicted octanol–water partition coefficient (Wildman–Crippen LogP) is 2.78. The minimum absolute atomic E-state index is 0.116. The fourth-order valence-corrected chi connectivity index (χ4v) is 2.78. The number of carbonyl (C=O) groups excluding carboxylic acids is 2. The number of piperidine rings is 1. The van der Waals surface area contributed by atoms with E-state index in [4.69, 9.17) is 11.6 Å². The van der Waals surface area contributed by atoms with Crippen molar-refractivity contribution in [1.29, 1.82) is 0 Å². The van der Waals surface area contributed by atoms with Crippen LogP contribution in [0.4, 0.5) is 5.69 Å². The molecule has 6 heteroatoms. The Morgan fingerprint density at radius 1 is 1.43 bits per heavy atom. The van der Waals surface area contributed by atoms with E-state index in [1.807, 2.05) is 6.92 Å². The van der Waals surface area contributed by atoms with Crippen molar-refractivity contribution < 1.29 is 14.7 Å². The van der Waals surface area contributed by atoms with Crippen LogP contribution in [0.25, 0.3) is 0 Å². The maximum atomic E-state index is 12.3. The second-order valence-electron chi connectivity index (χ2n) is 5.17. The third kappa shape index (κ3) is 3.67. The monoisotopic (exact) mass is 310 g/mol. The zero-order valence-corrected chi connectivity index (χ0v) is 12.7. The molecule has 2 amide bonds. The summed E-state index contributed by atoms with van der Waals surface area (Å²) in [5, 5.41) is 12.5. The first-order valence-corrected chi connectivity index (χ1v) is 7.51. The zero-order chi connectivity index (χ0) is 15.4. The molecule has 1 heterocycles. The summed E-state index contributed by atoms with van der Waals surface area (Å²) < 4.78 is 0. The van der Waals surface area contributed by atoms with Gasteiger partial charge in [-0.3, -0.25) is 9.59 Å². The maximum Gasteiger partial charge on any atom is 0.314 e. The standard InChI is InChI=1S/C15H19ClN2O3/c1-2-11-5-3-4-8-18(11)15(21)14(20)17-12-9-10(16)6-7-13(12)19/h6-7,9,11,19H,2-5,8H2,1H3,(H,17,20). The molecule has 5 nitrogen and oxygen atoms in total. The lowest BCUT2D eigenvalue weighted by Gasteiger charge is -2.34. The van der Waals surface area contributed by atoms with E-state index in [0.29, 0.717) is 11.6 Å². The van der Waals surface area contributed by atoms with E-state index >= 15 is 0 Å². The SMILES string of the molecule is CCC1CCCCN1C(=O)C(=O)Nc1cc(Cl)ccc1O. The van der Waals surface area contributed by atoms with Crippen LogP contribution in [0.1, 0.15) is 32.6 Å². The van der Waals surface area contributed by atoms with Crippen molar-refractivity contribution in [1.82, 2.24) is 4.90 Å². The third-order valence-corrected chi connectivity index (χ3v) is 4.00. The van der Waals surface area contributed by atoms with Gasteiger partial charge in [-0.05, 0) is 43.9 Å². The van der Waals surface area contributed by atoms with Crippen LogP contribution in [-0.4, -0.2) is 34.4 Å². The Morgan fingerprint density at radius 3 is 2.90 bits per heavy atom. The van der Waals surface area contributed by atoms with Gasteiger partial charge in [-0.1, -0.05) is 18.5 Å². The summed E-state index contributed by atoms with van der Waals surface area (Å²) in [6.07, 6.45) is 3.76. The van der Waals surface area contributed by atoms with Crippen molar-refractivity contribution in [3.8, 4) is 5.75 Å². The maximum absolute atomic E-state index is 12.3. The lowest BCUT2D eigenvalue weighted by Crippen LogP contribution is -2.48. The molecule has 114 valence electrons. The summed E-state index contributed by atoms with van der Waals surface area (Å²) in [6.45, 7) is 2.61. The molecule has 1 fully saturated rings. The molecule has 1 unspecified atom stereocenters. The summed E-state index contributed by atoms with van der Waals surface area (Å²) in [6, 6.07) is 4.41. The number of likely N-dealkylation sites (tertiary alicyclic amines) is 1. The molecule has 0 aliphatic carbocycles. The number of anilines is 1. The second kappa shape index (κ2) is 6.80. The van der Waals surface area contributed by atoms with Gasteiger partial charge in [0.1, 0.15) is 5.75 Å². The van der Waals surface area contributed by atoms with Crippen LogP contribution < -0.4 is 5.32 Å². The minimum Gasteiger partial charge on any atom is -0.506 e. The average molecular weight is 311 g/mol. The molecule has 1 aromatic rings. The van der Waals surface area contributed by atoms with E-state index < -0.39 is 11.8 Å². The molecule has 1 aliphatic heterocycles. The fraction of sp³-hybridized carbons (Fsp3) is 0.467. The number of benzene rings is 1. The number of hydrogen-bond donors (Lipinski definition) is 2. The van der Waals surface area contributed by atoms with E-state index in [0.717, 1.165) is 25.7 Å². The summed E-state index contributed by atoms with van der Waals surface area (Å²) in [5.74, 6) is -1.42. The number of phenols is 1. The van der Waals surface area contributed by atoms with Crippen LogP contribution in [0.15, 0.2) is 18.2 Å². The van der Waals surface area contributed by atoms with Gasteiger partial charge in [-0.2, -0.15) is 0 Å². The van der Waals surface area contributed by atoms with E-state index in [1.54, 1.807) is 4.90 Å². The highest BCUT2D eigenvalue weighted by molar-refractivity contribution is 6.40. The van der Waals surface area contributed by atoms with E-state index in [1.165, 1.54) is 18.2 Å². The number of aromatic hydroxyl groups is 1. The molecule has 0 spiro atoms. The van der Waals surface area contributed by atoms with Crippen LogP contribution in [0, 0.1) is 0 Å². The summed E-state index contributed by atoms with van der Waals surface area (Å²) in [7, 11) is 0. The molecule has 2 rings (SSSR count). The van der Waals surface area contributed by atoms with Crippen LogP contribution in [0.3, 0.4) is 0 Å². The van der Waals surface area contributed by atoms with Gasteiger partial charge in [-0.25, -0.2) is 0 Å². The number of nitrogens with one attached hydrogen (secondary N) is 1. The van der Waals surface area contributed by atoms with E-state index in [9.17, 15) is 14.7 Å². The lowest BCUT2D eigenvalue weighted by atomic mass is 10.00. The molecule has 0 bridgehead atoms. The molecule has 0 saturated carbocycles. The van der Waals surface area contributed by atoms with Crippen molar-refractivity contribution >= 4 is 29.1 Å². The molecular weight excluding hydrogens is 292 g/mol. The first kappa shape index (κ1) is 15.6. The first-order chi connectivity index (χ1) is 10.0. The zero-order valence-electron chi connectivity index (χ0n) is 11.9. The Hall–Kier alpha value is -1.75. The van der Waals surface area contributed by atoms with Crippen molar-refractivity contribution in [3.05, 3.63) is 23.2 Å². The van der Waals surface area contributed by atoms with E-state index in [2.05, 4.69) is 5.32 Å². The predicted molar refractivity (Wildman–Crippen MR) is 81.4 cm³/mol. The van der Waals surface area contributed by atoms with Crippen molar-refractivity contribution in [3.63, 3.8) is 0 Å². The van der Waals surface area contributed by atoms with Gasteiger partial charge in [-0.15, -0.1) is 0 Å². The number of carbonyl (C=O) groups is 2. The normalized spacial score (nSPS) is 18.4. The Kier molecular flexibility index (Phi) is 5.07. The highest BCUT2D eigenvalue weighted by Gasteiger charge is 2.29. The molecule has 1 saturated heterocycles. The third-order valence-electron chi connectivity index (χ3n) is 3.76. The Bertz CT molecular complexity index is 548. The Labute approximate surface area is 128 Å². The molecule has 21 heavy (non-hydrogen) atoms. The summed E-state index contributed by atoms with van der Waals surface area (Å²) >= 11 is 5.82. The average Bonchev–Trinajstić information content (AvgIpc) is 2.50. The van der Waals surface area contributed by atoms with Gasteiger partial charge >= 0.3 is 11.8 Å².